The van der Waals surface area contributed by atoms with Crippen LogP contribution in [0.3, 0.4) is 0 Å². The Bertz CT molecular complexity index is 231. The fraction of sp³-hybridized carbons (Fsp3) is 0.571. The van der Waals surface area contributed by atoms with Crippen molar-refractivity contribution in [3.63, 3.8) is 0 Å². The molecule has 0 radical (unpaired) electrons. The van der Waals surface area contributed by atoms with E-state index in [2.05, 4.69) is 4.98 Å². The molecule has 0 fully saturated rings. The van der Waals surface area contributed by atoms with E-state index in [-0.39, 0.29) is 6.10 Å². The zero-order chi connectivity index (χ0) is 6.97. The monoisotopic (exact) mass is 139 g/mol. The quantitative estimate of drug-likeness (QED) is 0.570. The Balaban J connectivity index is 2.30. The molecule has 10 heavy (non-hydrogen) atoms. The molecule has 0 aliphatic heterocycles. The van der Waals surface area contributed by atoms with Gasteiger partial charge < -0.3 is 9.52 Å². The second-order valence-corrected chi connectivity index (χ2v) is 2.62. The van der Waals surface area contributed by atoms with Gasteiger partial charge in [-0.2, -0.15) is 0 Å². The van der Waals surface area contributed by atoms with Crippen LogP contribution in [0.5, 0.6) is 0 Å². The molecule has 1 aliphatic rings. The van der Waals surface area contributed by atoms with Crippen LogP contribution in [0.25, 0.3) is 0 Å². The fourth-order valence-corrected chi connectivity index (χ4v) is 1.28. The smallest absolute Gasteiger partial charge is 0.181 e. The maximum Gasteiger partial charge on any atom is 0.181 e. The van der Waals surface area contributed by atoms with E-state index in [4.69, 9.17) is 4.42 Å². The number of fused-ring (bicyclic) bond motifs is 1. The van der Waals surface area contributed by atoms with E-state index < -0.39 is 0 Å². The summed E-state index contributed by atoms with van der Waals surface area (Å²) in [7, 11) is 0. The minimum absolute atomic E-state index is 0.222. The molecular weight excluding hydrogens is 130 g/mol. The Morgan fingerprint density at radius 1 is 1.70 bits per heavy atom. The van der Waals surface area contributed by atoms with Crippen LogP contribution in [0.1, 0.15) is 17.9 Å². The van der Waals surface area contributed by atoms with Crippen LogP contribution in [-0.2, 0) is 12.8 Å². The van der Waals surface area contributed by atoms with Crippen molar-refractivity contribution in [3.8, 4) is 0 Å². The first-order chi connectivity index (χ1) is 4.86. The predicted molar refractivity (Wildman–Crippen MR) is 34.5 cm³/mol. The van der Waals surface area contributed by atoms with Crippen molar-refractivity contribution < 1.29 is 9.52 Å². The van der Waals surface area contributed by atoms with Crippen LogP contribution >= 0.6 is 0 Å². The van der Waals surface area contributed by atoms with Gasteiger partial charge in [0, 0.05) is 6.42 Å². The first kappa shape index (κ1) is 5.92. The third kappa shape index (κ3) is 0.827. The highest BCUT2D eigenvalue weighted by atomic mass is 16.3. The van der Waals surface area contributed by atoms with E-state index in [1.807, 2.05) is 0 Å². The number of aliphatic hydroxyl groups is 1. The first-order valence-corrected chi connectivity index (χ1v) is 3.45. The summed E-state index contributed by atoms with van der Waals surface area (Å²) in [6.45, 7) is 0. The lowest BCUT2D eigenvalue weighted by atomic mass is 10.00. The Hall–Kier alpha value is -0.830. The van der Waals surface area contributed by atoms with Gasteiger partial charge in [-0.05, 0) is 12.8 Å². The zero-order valence-corrected chi connectivity index (χ0v) is 5.58. The van der Waals surface area contributed by atoms with Gasteiger partial charge in [-0.1, -0.05) is 0 Å². The summed E-state index contributed by atoms with van der Waals surface area (Å²) in [5.74, 6) is 0.860. The largest absolute Gasteiger partial charge is 0.448 e. The predicted octanol–water partition coefficient (Wildman–Crippen LogP) is 0.524. The summed E-state index contributed by atoms with van der Waals surface area (Å²) in [4.78, 5) is 4.01. The average molecular weight is 139 g/mol. The number of aryl methyl sites for hydroxylation is 1. The molecule has 0 aromatic carbocycles. The molecule has 1 aromatic rings. The molecule has 1 aromatic heterocycles. The summed E-state index contributed by atoms with van der Waals surface area (Å²) in [5, 5.41) is 9.19. The van der Waals surface area contributed by atoms with Crippen LogP contribution < -0.4 is 0 Å². The van der Waals surface area contributed by atoms with Gasteiger partial charge in [-0.15, -0.1) is 0 Å². The topological polar surface area (TPSA) is 46.3 Å². The van der Waals surface area contributed by atoms with Gasteiger partial charge in [0.25, 0.3) is 0 Å². The van der Waals surface area contributed by atoms with E-state index in [1.165, 1.54) is 6.39 Å². The number of hydrogen-bond acceptors (Lipinski definition) is 3. The molecule has 3 heteroatoms. The van der Waals surface area contributed by atoms with Crippen molar-refractivity contribution in [2.24, 2.45) is 0 Å². The molecule has 0 spiro atoms. The highest BCUT2D eigenvalue weighted by Gasteiger charge is 2.19. The van der Waals surface area contributed by atoms with Crippen molar-refractivity contribution in [2.75, 3.05) is 0 Å². The lowest BCUT2D eigenvalue weighted by Crippen LogP contribution is -2.17. The second-order valence-electron chi connectivity index (χ2n) is 2.62. The number of hydrogen-bond donors (Lipinski definition) is 1. The Labute approximate surface area is 58.7 Å². The molecule has 0 saturated carbocycles. The molecule has 54 valence electrons. The van der Waals surface area contributed by atoms with E-state index in [9.17, 15) is 5.11 Å². The number of aromatic nitrogens is 1. The average Bonchev–Trinajstić information content (AvgIpc) is 2.33. The molecule has 1 heterocycles. The van der Waals surface area contributed by atoms with Crippen molar-refractivity contribution in [3.05, 3.63) is 17.8 Å². The van der Waals surface area contributed by atoms with E-state index in [0.29, 0.717) is 6.42 Å². The standard InChI is InChI=1S/C7H9NO2/c9-5-1-2-6-7(3-5)10-4-8-6/h4-5,9H,1-3H2. The molecule has 0 bridgehead atoms. The van der Waals surface area contributed by atoms with Crippen molar-refractivity contribution in [1.29, 1.82) is 0 Å². The normalized spacial score (nSPS) is 24.3. The minimum Gasteiger partial charge on any atom is -0.448 e. The fourth-order valence-electron chi connectivity index (χ4n) is 1.28. The first-order valence-electron chi connectivity index (χ1n) is 3.45. The van der Waals surface area contributed by atoms with Gasteiger partial charge in [-0.25, -0.2) is 4.98 Å². The maximum atomic E-state index is 9.19. The summed E-state index contributed by atoms with van der Waals surface area (Å²) < 4.78 is 5.06. The maximum absolute atomic E-state index is 9.19. The third-order valence-corrected chi connectivity index (χ3v) is 1.86. The summed E-state index contributed by atoms with van der Waals surface area (Å²) >= 11 is 0. The highest BCUT2D eigenvalue weighted by Crippen LogP contribution is 2.19. The van der Waals surface area contributed by atoms with Crippen LogP contribution in [0.15, 0.2) is 10.8 Å². The molecule has 1 aliphatic carbocycles. The van der Waals surface area contributed by atoms with Gasteiger partial charge in [-0.3, -0.25) is 0 Å². The molecule has 2 rings (SSSR count). The van der Waals surface area contributed by atoms with Gasteiger partial charge in [0.1, 0.15) is 5.76 Å². The van der Waals surface area contributed by atoms with Crippen LogP contribution in [-0.4, -0.2) is 16.2 Å². The Morgan fingerprint density at radius 2 is 2.60 bits per heavy atom. The molecule has 1 atom stereocenters. The second kappa shape index (κ2) is 2.09. The van der Waals surface area contributed by atoms with Crippen molar-refractivity contribution in [2.45, 2.75) is 25.4 Å². The van der Waals surface area contributed by atoms with Crippen molar-refractivity contribution in [1.82, 2.24) is 4.98 Å². The molecule has 0 saturated heterocycles. The molecule has 1 N–H and O–H groups in total. The Morgan fingerprint density at radius 3 is 3.50 bits per heavy atom. The molecule has 0 amide bonds. The lowest BCUT2D eigenvalue weighted by molar-refractivity contribution is 0.149. The van der Waals surface area contributed by atoms with Crippen LogP contribution in [0, 0.1) is 0 Å². The lowest BCUT2D eigenvalue weighted by Gasteiger charge is -2.13. The van der Waals surface area contributed by atoms with Gasteiger partial charge >= 0.3 is 0 Å². The minimum atomic E-state index is -0.222. The van der Waals surface area contributed by atoms with Gasteiger partial charge in [0.15, 0.2) is 6.39 Å². The van der Waals surface area contributed by atoms with Crippen LogP contribution in [0.4, 0.5) is 0 Å². The zero-order valence-electron chi connectivity index (χ0n) is 5.58. The van der Waals surface area contributed by atoms with E-state index >= 15 is 0 Å². The third-order valence-electron chi connectivity index (χ3n) is 1.86. The van der Waals surface area contributed by atoms with Gasteiger partial charge in [0.2, 0.25) is 0 Å². The van der Waals surface area contributed by atoms with E-state index in [1.54, 1.807) is 0 Å². The Kier molecular flexibility index (Phi) is 1.24. The molecule has 1 unspecified atom stereocenters. The SMILES string of the molecule is OC1CCc2ncoc2C1. The number of nitrogens with zero attached hydrogens (tertiary/aromatic N) is 1. The highest BCUT2D eigenvalue weighted by molar-refractivity contribution is 5.11. The summed E-state index contributed by atoms with van der Waals surface area (Å²) in [6, 6.07) is 0. The molecule has 3 nitrogen and oxygen atoms in total. The van der Waals surface area contributed by atoms with Crippen molar-refractivity contribution >= 4 is 0 Å². The van der Waals surface area contributed by atoms with E-state index in [0.717, 1.165) is 24.3 Å². The van der Waals surface area contributed by atoms with Gasteiger partial charge in [0.05, 0.1) is 11.8 Å². The molecular formula is C7H9NO2. The number of rotatable bonds is 0. The number of oxazole rings is 1. The summed E-state index contributed by atoms with van der Waals surface area (Å²) in [6.07, 6.45) is 3.53. The summed E-state index contributed by atoms with van der Waals surface area (Å²) in [5.41, 5.74) is 1.02. The van der Waals surface area contributed by atoms with Crippen LogP contribution in [0.2, 0.25) is 0 Å². The number of aliphatic hydroxyl groups excluding tert-OH is 1.